The number of carboxylic acids is 1. The number of aliphatic carboxylic acids is 1. The topological polar surface area (TPSA) is 78.9 Å². The number of methoxy groups -OCH3 is 1. The van der Waals surface area contributed by atoms with Gasteiger partial charge in [-0.1, -0.05) is 27.7 Å². The van der Waals surface area contributed by atoms with Gasteiger partial charge in [-0.3, -0.25) is 0 Å². The molecule has 2 N–H and O–H groups in total. The van der Waals surface area contributed by atoms with Crippen LogP contribution in [0.4, 0.5) is 4.79 Å². The van der Waals surface area contributed by atoms with Crippen LogP contribution in [-0.2, 0) is 9.53 Å². The van der Waals surface area contributed by atoms with Crippen molar-refractivity contribution in [2.75, 3.05) is 20.3 Å². The largest absolute Gasteiger partial charge is 0.480 e. The normalized spacial score (nSPS) is 12.5. The summed E-state index contributed by atoms with van der Waals surface area (Å²) < 4.78 is 4.89. The lowest BCUT2D eigenvalue weighted by Gasteiger charge is -2.33. The molecule has 0 spiro atoms. The van der Waals surface area contributed by atoms with Gasteiger partial charge in [0.05, 0.1) is 0 Å². The zero-order valence-corrected chi connectivity index (χ0v) is 13.9. The zero-order chi connectivity index (χ0) is 16.4. The van der Waals surface area contributed by atoms with Gasteiger partial charge in [0, 0.05) is 32.7 Å². The highest BCUT2D eigenvalue weighted by Gasteiger charge is 2.26. The highest BCUT2D eigenvalue weighted by atomic mass is 16.5. The monoisotopic (exact) mass is 302 g/mol. The lowest BCUT2D eigenvalue weighted by Crippen LogP contribution is -2.52. The molecule has 0 bridgehead atoms. The molecule has 0 aliphatic heterocycles. The van der Waals surface area contributed by atoms with E-state index < -0.39 is 12.0 Å². The van der Waals surface area contributed by atoms with Gasteiger partial charge in [-0.05, 0) is 18.8 Å². The Bertz CT molecular complexity index is 317. The Balaban J connectivity index is 4.87. The van der Waals surface area contributed by atoms with E-state index in [9.17, 15) is 14.7 Å². The Morgan fingerprint density at radius 2 is 1.81 bits per heavy atom. The van der Waals surface area contributed by atoms with Crippen LogP contribution in [-0.4, -0.2) is 54.4 Å². The van der Waals surface area contributed by atoms with E-state index >= 15 is 0 Å². The Morgan fingerprint density at radius 3 is 2.19 bits per heavy atom. The summed E-state index contributed by atoms with van der Waals surface area (Å²) in [5, 5.41) is 11.8. The van der Waals surface area contributed by atoms with E-state index in [1.54, 1.807) is 4.90 Å². The molecule has 1 atom stereocenters. The van der Waals surface area contributed by atoms with Crippen LogP contribution in [0, 0.1) is 5.92 Å². The highest BCUT2D eigenvalue weighted by molar-refractivity contribution is 5.82. The number of amides is 2. The number of ether oxygens (including phenoxy) is 1. The minimum Gasteiger partial charge on any atom is -0.480 e. The highest BCUT2D eigenvalue weighted by Crippen LogP contribution is 2.12. The van der Waals surface area contributed by atoms with Crippen molar-refractivity contribution in [2.45, 2.75) is 59.0 Å². The molecule has 124 valence electrons. The fourth-order valence-electron chi connectivity index (χ4n) is 2.25. The molecule has 2 amide bonds. The molecule has 6 heteroatoms. The van der Waals surface area contributed by atoms with E-state index in [1.807, 2.05) is 27.7 Å². The molecule has 21 heavy (non-hydrogen) atoms. The molecule has 0 aliphatic rings. The summed E-state index contributed by atoms with van der Waals surface area (Å²) in [6.07, 6.45) is 1.97. The van der Waals surface area contributed by atoms with Crippen LogP contribution in [0.1, 0.15) is 47.0 Å². The van der Waals surface area contributed by atoms with Gasteiger partial charge in [0.25, 0.3) is 0 Å². The fourth-order valence-corrected chi connectivity index (χ4v) is 2.25. The van der Waals surface area contributed by atoms with Gasteiger partial charge in [0.2, 0.25) is 0 Å². The second-order valence-electron chi connectivity index (χ2n) is 5.64. The minimum absolute atomic E-state index is 0.129. The molecule has 0 saturated carbocycles. The average Bonchev–Trinajstić information content (AvgIpc) is 2.42. The molecule has 0 rings (SSSR count). The van der Waals surface area contributed by atoms with Crippen LogP contribution < -0.4 is 5.32 Å². The molecule has 0 aromatic rings. The lowest BCUT2D eigenvalue weighted by atomic mass is 10.1. The van der Waals surface area contributed by atoms with Gasteiger partial charge in [-0.25, -0.2) is 9.59 Å². The van der Waals surface area contributed by atoms with Gasteiger partial charge in [-0.2, -0.15) is 0 Å². The van der Waals surface area contributed by atoms with Crippen LogP contribution in [0.5, 0.6) is 0 Å². The summed E-state index contributed by atoms with van der Waals surface area (Å²) >= 11 is 0. The van der Waals surface area contributed by atoms with E-state index in [-0.39, 0.29) is 18.5 Å². The van der Waals surface area contributed by atoms with Crippen molar-refractivity contribution in [3.8, 4) is 0 Å². The van der Waals surface area contributed by atoms with Crippen LogP contribution in [0.2, 0.25) is 0 Å². The number of carbonyl (C=O) groups excluding carboxylic acids is 1. The molecule has 0 aromatic carbocycles. The third kappa shape index (κ3) is 7.32. The van der Waals surface area contributed by atoms with Crippen molar-refractivity contribution in [1.82, 2.24) is 10.2 Å². The SMILES string of the molecule is CCC(CC)N(CC(C)C)C(=O)NC(CCOC)C(=O)O. The summed E-state index contributed by atoms with van der Waals surface area (Å²) in [5.74, 6) is -0.701. The molecule has 0 radical (unpaired) electrons. The summed E-state index contributed by atoms with van der Waals surface area (Å²) in [4.78, 5) is 25.4. The Labute approximate surface area is 127 Å². The molecule has 1 unspecified atom stereocenters. The van der Waals surface area contributed by atoms with Crippen LogP contribution in [0.3, 0.4) is 0 Å². The molecule has 0 fully saturated rings. The molecule has 0 aliphatic carbocycles. The van der Waals surface area contributed by atoms with Crippen molar-refractivity contribution in [1.29, 1.82) is 0 Å². The van der Waals surface area contributed by atoms with E-state index in [0.717, 1.165) is 12.8 Å². The van der Waals surface area contributed by atoms with Gasteiger partial charge < -0.3 is 20.1 Å². The third-order valence-electron chi connectivity index (χ3n) is 3.41. The number of hydrogen-bond donors (Lipinski definition) is 2. The van der Waals surface area contributed by atoms with E-state index in [1.165, 1.54) is 7.11 Å². The quantitative estimate of drug-likeness (QED) is 0.649. The first-order valence-electron chi connectivity index (χ1n) is 7.66. The zero-order valence-electron chi connectivity index (χ0n) is 13.9. The molecule has 0 heterocycles. The van der Waals surface area contributed by atoms with E-state index in [0.29, 0.717) is 19.1 Å². The van der Waals surface area contributed by atoms with E-state index in [4.69, 9.17) is 4.74 Å². The molecule has 6 nitrogen and oxygen atoms in total. The van der Waals surface area contributed by atoms with Crippen molar-refractivity contribution < 1.29 is 19.4 Å². The van der Waals surface area contributed by atoms with Gasteiger partial charge >= 0.3 is 12.0 Å². The summed E-state index contributed by atoms with van der Waals surface area (Å²) in [5.41, 5.74) is 0. The summed E-state index contributed by atoms with van der Waals surface area (Å²) in [6.45, 7) is 9.08. The summed E-state index contributed by atoms with van der Waals surface area (Å²) in [7, 11) is 1.51. The second kappa shape index (κ2) is 10.4. The van der Waals surface area contributed by atoms with Crippen LogP contribution >= 0.6 is 0 Å². The maximum absolute atomic E-state index is 12.4. The Morgan fingerprint density at radius 1 is 1.24 bits per heavy atom. The number of rotatable bonds is 10. The molecule has 0 saturated heterocycles. The fraction of sp³-hybridized carbons (Fsp3) is 0.867. The van der Waals surface area contributed by atoms with Crippen LogP contribution in [0.25, 0.3) is 0 Å². The third-order valence-corrected chi connectivity index (χ3v) is 3.41. The smallest absolute Gasteiger partial charge is 0.326 e. The maximum atomic E-state index is 12.4. The van der Waals surface area contributed by atoms with Gasteiger partial charge in [0.15, 0.2) is 0 Å². The first-order chi connectivity index (χ1) is 9.87. The van der Waals surface area contributed by atoms with Gasteiger partial charge in [-0.15, -0.1) is 0 Å². The average molecular weight is 302 g/mol. The molecular weight excluding hydrogens is 272 g/mol. The lowest BCUT2D eigenvalue weighted by molar-refractivity contribution is -0.139. The number of carbonyl (C=O) groups is 2. The number of hydrogen-bond acceptors (Lipinski definition) is 3. The first-order valence-corrected chi connectivity index (χ1v) is 7.66. The van der Waals surface area contributed by atoms with Crippen molar-refractivity contribution in [3.05, 3.63) is 0 Å². The Kier molecular flexibility index (Phi) is 9.78. The molecular formula is C15H30N2O4. The number of urea groups is 1. The predicted octanol–water partition coefficient (Wildman–Crippen LogP) is 2.33. The maximum Gasteiger partial charge on any atom is 0.326 e. The standard InChI is InChI=1S/C15H30N2O4/c1-6-12(7-2)17(10-11(3)4)15(20)16-13(14(18)19)8-9-21-5/h11-13H,6-10H2,1-5H3,(H,16,20)(H,18,19). The number of nitrogens with zero attached hydrogens (tertiary/aromatic N) is 1. The minimum atomic E-state index is -1.03. The number of carboxylic acid groups (broad SMARTS) is 1. The second-order valence-corrected chi connectivity index (χ2v) is 5.64. The number of nitrogens with one attached hydrogen (secondary N) is 1. The van der Waals surface area contributed by atoms with Gasteiger partial charge in [0.1, 0.15) is 6.04 Å². The predicted molar refractivity (Wildman–Crippen MR) is 82.4 cm³/mol. The summed E-state index contributed by atoms with van der Waals surface area (Å²) in [6, 6.07) is -1.09. The van der Waals surface area contributed by atoms with Crippen molar-refractivity contribution in [2.24, 2.45) is 5.92 Å². The van der Waals surface area contributed by atoms with Crippen LogP contribution in [0.15, 0.2) is 0 Å². The van der Waals surface area contributed by atoms with Crippen molar-refractivity contribution >= 4 is 12.0 Å². The van der Waals surface area contributed by atoms with Crippen molar-refractivity contribution in [3.63, 3.8) is 0 Å². The van der Waals surface area contributed by atoms with E-state index in [2.05, 4.69) is 5.32 Å². The Hall–Kier alpha value is -1.30. The molecule has 0 aromatic heterocycles. The first kappa shape index (κ1) is 19.7.